The predicted molar refractivity (Wildman–Crippen MR) is 122 cm³/mol. The summed E-state index contributed by atoms with van der Waals surface area (Å²) in [4.78, 5) is 6.22. The Kier molecular flexibility index (Phi) is 5.65. The van der Waals surface area contributed by atoms with Crippen molar-refractivity contribution in [1.29, 1.82) is 10.8 Å². The Morgan fingerprint density at radius 1 is 1.33 bits per heavy atom. The second-order valence-corrected chi connectivity index (χ2v) is 8.10. The first-order chi connectivity index (χ1) is 14.4. The number of nitrogens with one attached hydrogen (secondary N) is 3. The van der Waals surface area contributed by atoms with Crippen LogP contribution in [0.15, 0.2) is 43.4 Å². The molecule has 1 aliphatic heterocycles. The highest BCUT2D eigenvalue weighted by Crippen LogP contribution is 2.36. The summed E-state index contributed by atoms with van der Waals surface area (Å²) in [6.45, 7) is 9.66. The van der Waals surface area contributed by atoms with Gasteiger partial charge in [0.05, 0.1) is 6.20 Å². The number of anilines is 1. The largest absolute Gasteiger partial charge is 0.382 e. The molecule has 2 aromatic rings. The minimum atomic E-state index is 0.234. The molecule has 5 N–H and O–H groups in total. The molecular formula is C23H29N7. The van der Waals surface area contributed by atoms with Crippen molar-refractivity contribution in [3.63, 3.8) is 0 Å². The fourth-order valence-electron chi connectivity index (χ4n) is 4.41. The molecule has 2 aliphatic rings. The molecule has 0 saturated carbocycles. The van der Waals surface area contributed by atoms with E-state index in [4.69, 9.17) is 16.6 Å². The highest BCUT2D eigenvalue weighted by molar-refractivity contribution is 6.01. The number of nitrogen functional groups attached to an aromatic ring is 1. The zero-order valence-corrected chi connectivity index (χ0v) is 17.4. The van der Waals surface area contributed by atoms with E-state index in [1.54, 1.807) is 18.3 Å². The van der Waals surface area contributed by atoms with Crippen LogP contribution in [0.5, 0.6) is 0 Å². The first-order valence-corrected chi connectivity index (χ1v) is 10.3. The van der Waals surface area contributed by atoms with Crippen molar-refractivity contribution in [3.05, 3.63) is 65.6 Å². The standard InChI is InChI=1S/C23H29N7/c1-15-3-5-19-16(2)20(7-6-18(15)19)21-12-29(10-9-27-21)11-17(24)4-8-23(26)30-13-22(25)28-14-30/h4,6-8,13-14,21,24,26-27H,1,3,5,9-12,25H2,2H3/b8-4-,24-17?,26-23?/t21-/m0/s1. The lowest BCUT2D eigenvalue weighted by Crippen LogP contribution is -2.47. The van der Waals surface area contributed by atoms with Crippen LogP contribution in [-0.2, 0) is 6.42 Å². The molecule has 7 nitrogen and oxygen atoms in total. The second kappa shape index (κ2) is 8.38. The number of fused-ring (bicyclic) bond motifs is 1. The number of rotatable bonds is 5. The van der Waals surface area contributed by atoms with Crippen molar-refractivity contribution in [2.45, 2.75) is 25.8 Å². The maximum Gasteiger partial charge on any atom is 0.142 e. The molecular weight excluding hydrogens is 374 g/mol. The quantitative estimate of drug-likeness (QED) is 0.455. The van der Waals surface area contributed by atoms with E-state index in [-0.39, 0.29) is 11.9 Å². The summed E-state index contributed by atoms with van der Waals surface area (Å²) in [5.74, 6) is 0.610. The Labute approximate surface area is 177 Å². The van der Waals surface area contributed by atoms with Crippen LogP contribution in [0.4, 0.5) is 5.82 Å². The van der Waals surface area contributed by atoms with E-state index in [1.165, 1.54) is 38.7 Å². The van der Waals surface area contributed by atoms with Gasteiger partial charge in [-0.15, -0.1) is 0 Å². The van der Waals surface area contributed by atoms with Crippen molar-refractivity contribution < 1.29 is 0 Å². The van der Waals surface area contributed by atoms with Gasteiger partial charge in [0.15, 0.2) is 0 Å². The van der Waals surface area contributed by atoms with Crippen molar-refractivity contribution in [1.82, 2.24) is 19.8 Å². The third-order valence-electron chi connectivity index (χ3n) is 6.05. The Bertz CT molecular complexity index is 1030. The molecule has 2 heterocycles. The van der Waals surface area contributed by atoms with E-state index in [0.29, 0.717) is 18.1 Å². The average Bonchev–Trinajstić information content (AvgIpc) is 3.33. The van der Waals surface area contributed by atoms with Gasteiger partial charge in [-0.3, -0.25) is 14.9 Å². The van der Waals surface area contributed by atoms with Gasteiger partial charge in [-0.1, -0.05) is 18.7 Å². The van der Waals surface area contributed by atoms with Crippen molar-refractivity contribution in [3.8, 4) is 0 Å². The Morgan fingerprint density at radius 2 is 2.17 bits per heavy atom. The zero-order chi connectivity index (χ0) is 21.3. The molecule has 30 heavy (non-hydrogen) atoms. The molecule has 1 fully saturated rings. The van der Waals surface area contributed by atoms with Crippen LogP contribution in [-0.4, -0.2) is 52.2 Å². The van der Waals surface area contributed by atoms with Crippen LogP contribution < -0.4 is 11.1 Å². The molecule has 0 spiro atoms. The van der Waals surface area contributed by atoms with Gasteiger partial charge in [-0.25, -0.2) is 4.98 Å². The first kappa shape index (κ1) is 20.3. The van der Waals surface area contributed by atoms with E-state index < -0.39 is 0 Å². The molecule has 1 saturated heterocycles. The van der Waals surface area contributed by atoms with Crippen LogP contribution in [0, 0.1) is 17.7 Å². The van der Waals surface area contributed by atoms with Gasteiger partial charge in [0.25, 0.3) is 0 Å². The maximum atomic E-state index is 8.32. The molecule has 0 radical (unpaired) electrons. The number of hydrogen-bond donors (Lipinski definition) is 4. The fourth-order valence-corrected chi connectivity index (χ4v) is 4.41. The minimum absolute atomic E-state index is 0.234. The van der Waals surface area contributed by atoms with Gasteiger partial charge < -0.3 is 16.5 Å². The molecule has 1 aliphatic carbocycles. The SMILES string of the molecule is C=C1CCc2c1ccc([C@@H]1CN(CC(=N)/C=C\C(=N)n3cnc(N)c3)CCN1)c2C. The highest BCUT2D eigenvalue weighted by Gasteiger charge is 2.25. The molecule has 1 aromatic carbocycles. The predicted octanol–water partition coefficient (Wildman–Crippen LogP) is 2.78. The van der Waals surface area contributed by atoms with Gasteiger partial charge >= 0.3 is 0 Å². The molecule has 4 rings (SSSR count). The molecule has 0 amide bonds. The van der Waals surface area contributed by atoms with Crippen molar-refractivity contribution in [2.24, 2.45) is 0 Å². The fraction of sp³-hybridized carbons (Fsp3) is 0.348. The van der Waals surface area contributed by atoms with Crippen LogP contribution in [0.3, 0.4) is 0 Å². The highest BCUT2D eigenvalue weighted by atomic mass is 15.2. The maximum absolute atomic E-state index is 8.32. The summed E-state index contributed by atoms with van der Waals surface area (Å²) in [6.07, 6.45) is 8.54. The summed E-state index contributed by atoms with van der Waals surface area (Å²) in [5, 5.41) is 20.0. The zero-order valence-electron chi connectivity index (χ0n) is 17.4. The second-order valence-electron chi connectivity index (χ2n) is 8.10. The summed E-state index contributed by atoms with van der Waals surface area (Å²) in [5.41, 5.74) is 12.8. The monoisotopic (exact) mass is 403 g/mol. The minimum Gasteiger partial charge on any atom is -0.382 e. The molecule has 1 aromatic heterocycles. The number of imidazole rings is 1. The van der Waals surface area contributed by atoms with Crippen LogP contribution in [0.2, 0.25) is 0 Å². The smallest absolute Gasteiger partial charge is 0.142 e. The van der Waals surface area contributed by atoms with Crippen LogP contribution in [0.25, 0.3) is 5.57 Å². The van der Waals surface area contributed by atoms with Gasteiger partial charge in [0.2, 0.25) is 0 Å². The number of aromatic nitrogens is 2. The molecule has 1 atom stereocenters. The van der Waals surface area contributed by atoms with E-state index in [2.05, 4.69) is 40.8 Å². The number of allylic oxidation sites excluding steroid dienone is 2. The molecule has 156 valence electrons. The average molecular weight is 404 g/mol. The number of benzene rings is 1. The number of piperazine rings is 1. The van der Waals surface area contributed by atoms with Gasteiger partial charge in [-0.05, 0) is 59.7 Å². The van der Waals surface area contributed by atoms with Crippen molar-refractivity contribution in [2.75, 3.05) is 31.9 Å². The molecule has 0 unspecified atom stereocenters. The van der Waals surface area contributed by atoms with E-state index in [0.717, 1.165) is 32.5 Å². The number of hydrogen-bond acceptors (Lipinski definition) is 6. The third-order valence-corrected chi connectivity index (χ3v) is 6.05. The normalized spacial score (nSPS) is 19.4. The summed E-state index contributed by atoms with van der Waals surface area (Å²) in [7, 11) is 0. The van der Waals surface area contributed by atoms with Gasteiger partial charge in [-0.2, -0.15) is 0 Å². The van der Waals surface area contributed by atoms with E-state index in [9.17, 15) is 0 Å². The van der Waals surface area contributed by atoms with E-state index >= 15 is 0 Å². The lowest BCUT2D eigenvalue weighted by atomic mass is 9.92. The number of nitrogens with zero attached hydrogens (tertiary/aromatic N) is 3. The summed E-state index contributed by atoms with van der Waals surface area (Å²) < 4.78 is 1.53. The molecule has 7 heteroatoms. The van der Waals surface area contributed by atoms with Gasteiger partial charge in [0.1, 0.15) is 18.0 Å². The first-order valence-electron chi connectivity index (χ1n) is 10.3. The van der Waals surface area contributed by atoms with Gasteiger partial charge in [0, 0.05) is 37.9 Å². The topological polar surface area (TPSA) is 107 Å². The lowest BCUT2D eigenvalue weighted by molar-refractivity contribution is 0.225. The van der Waals surface area contributed by atoms with E-state index in [1.807, 2.05) is 0 Å². The Balaban J connectivity index is 1.39. The summed E-state index contributed by atoms with van der Waals surface area (Å²) >= 11 is 0. The lowest BCUT2D eigenvalue weighted by Gasteiger charge is -2.34. The van der Waals surface area contributed by atoms with Crippen LogP contribution >= 0.6 is 0 Å². The third kappa shape index (κ3) is 4.13. The number of nitrogens with two attached hydrogens (primary N) is 1. The van der Waals surface area contributed by atoms with Crippen molar-refractivity contribution >= 4 is 22.9 Å². The Hall–Kier alpha value is -3.03. The molecule has 0 bridgehead atoms. The van der Waals surface area contributed by atoms with Crippen LogP contribution in [0.1, 0.15) is 34.7 Å². The Morgan fingerprint density at radius 3 is 2.93 bits per heavy atom. The summed E-state index contributed by atoms with van der Waals surface area (Å²) in [6, 6.07) is 4.74.